The van der Waals surface area contributed by atoms with Crippen molar-refractivity contribution in [3.8, 4) is 0 Å². The molecule has 2 fully saturated rings. The molecule has 0 aliphatic heterocycles. The van der Waals surface area contributed by atoms with Crippen molar-refractivity contribution in [3.63, 3.8) is 0 Å². The van der Waals surface area contributed by atoms with Crippen LogP contribution < -0.4 is 0 Å². The smallest absolute Gasteiger partial charge is 0.302 e. The maximum Gasteiger partial charge on any atom is 0.302 e. The Morgan fingerprint density at radius 1 is 1.03 bits per heavy atom. The van der Waals surface area contributed by atoms with E-state index in [9.17, 15) is 4.79 Å². The summed E-state index contributed by atoms with van der Waals surface area (Å²) in [6.07, 6.45) is 15.9. The summed E-state index contributed by atoms with van der Waals surface area (Å²) in [6.45, 7) is 16.6. The van der Waals surface area contributed by atoms with Gasteiger partial charge in [-0.2, -0.15) is 0 Å². The predicted octanol–water partition coefficient (Wildman–Crippen LogP) is 8.74. The monoisotopic (exact) mass is 456 g/mol. The minimum absolute atomic E-state index is 0.0995. The lowest BCUT2D eigenvalue weighted by molar-refractivity contribution is -0.150. The Balaban J connectivity index is 1.48. The Hall–Kier alpha value is -0.790. The van der Waals surface area contributed by atoms with Crippen LogP contribution in [0.5, 0.6) is 0 Å². The lowest BCUT2D eigenvalue weighted by Crippen LogP contribution is -2.46. The van der Waals surface area contributed by atoms with Crippen LogP contribution in [0.3, 0.4) is 0 Å². The Labute approximate surface area is 204 Å². The van der Waals surface area contributed by atoms with Gasteiger partial charge in [-0.15, -0.1) is 0 Å². The average Bonchev–Trinajstić information content (AvgIpc) is 3.11. The largest absolute Gasteiger partial charge is 0.463 e. The first-order valence-corrected chi connectivity index (χ1v) is 14.5. The zero-order chi connectivity index (χ0) is 24.0. The summed E-state index contributed by atoms with van der Waals surface area (Å²) in [5, 5.41) is 0. The minimum Gasteiger partial charge on any atom is -0.463 e. The van der Waals surface area contributed by atoms with E-state index in [-0.39, 0.29) is 12.1 Å². The fourth-order valence-electron chi connectivity index (χ4n) is 9.43. The fraction of sp³-hybridized carbons (Fsp3) is 0.903. The molecule has 188 valence electrons. The van der Waals surface area contributed by atoms with Crippen LogP contribution in [0.25, 0.3) is 0 Å². The molecule has 4 rings (SSSR count). The highest BCUT2D eigenvalue weighted by Gasteiger charge is 2.56. The van der Waals surface area contributed by atoms with Gasteiger partial charge in [0, 0.05) is 6.92 Å². The maximum absolute atomic E-state index is 11.5. The van der Waals surface area contributed by atoms with Crippen molar-refractivity contribution >= 4 is 5.97 Å². The highest BCUT2D eigenvalue weighted by atomic mass is 16.5. The van der Waals surface area contributed by atoms with Gasteiger partial charge in [-0.1, -0.05) is 65.5 Å². The molecule has 2 heteroatoms. The molecule has 0 heterocycles. The van der Waals surface area contributed by atoms with Gasteiger partial charge in [-0.25, -0.2) is 0 Å². The molecule has 8 atom stereocenters. The average molecular weight is 457 g/mol. The van der Waals surface area contributed by atoms with E-state index in [1.54, 1.807) is 6.92 Å². The van der Waals surface area contributed by atoms with Crippen LogP contribution in [0.4, 0.5) is 0 Å². The zero-order valence-electron chi connectivity index (χ0n) is 22.8. The molecule has 0 aromatic rings. The molecule has 0 aromatic heterocycles. The van der Waals surface area contributed by atoms with Crippen molar-refractivity contribution in [2.45, 2.75) is 132 Å². The summed E-state index contributed by atoms with van der Waals surface area (Å²) in [4.78, 5) is 11.5. The second kappa shape index (κ2) is 9.69. The second-order valence-corrected chi connectivity index (χ2v) is 13.4. The lowest BCUT2D eigenvalue weighted by Gasteiger charge is -2.55. The van der Waals surface area contributed by atoms with E-state index in [0.717, 1.165) is 42.4 Å². The Morgan fingerprint density at radius 2 is 1.79 bits per heavy atom. The highest BCUT2D eigenvalue weighted by molar-refractivity contribution is 5.66. The number of allylic oxidation sites excluding steroid dienone is 2. The first-order valence-electron chi connectivity index (χ1n) is 14.5. The molecule has 0 saturated heterocycles. The van der Waals surface area contributed by atoms with Crippen LogP contribution in [0.15, 0.2) is 11.1 Å². The van der Waals surface area contributed by atoms with Gasteiger partial charge < -0.3 is 4.74 Å². The molecule has 0 N–H and O–H groups in total. The summed E-state index contributed by atoms with van der Waals surface area (Å²) in [5.41, 5.74) is 4.65. The molecule has 2 saturated carbocycles. The number of carbonyl (C=O) groups excluding carboxylic acids is 1. The number of hydrogen-bond acceptors (Lipinski definition) is 2. The third kappa shape index (κ3) is 4.58. The summed E-state index contributed by atoms with van der Waals surface area (Å²) in [6, 6.07) is 0. The first-order chi connectivity index (χ1) is 15.6. The third-order valence-corrected chi connectivity index (χ3v) is 11.5. The van der Waals surface area contributed by atoms with Crippen molar-refractivity contribution in [2.75, 3.05) is 0 Å². The SMILES string of the molecule is CCC(CCC(C)C1CCC2C3=C(CCC21C)C1(C)CCC(OC(C)=O)CC1CC3)C(C)C. The van der Waals surface area contributed by atoms with E-state index in [1.807, 2.05) is 11.1 Å². The molecule has 2 nitrogen and oxygen atoms in total. The van der Waals surface area contributed by atoms with Gasteiger partial charge in [0.1, 0.15) is 6.10 Å². The highest BCUT2D eigenvalue weighted by Crippen LogP contribution is 2.66. The van der Waals surface area contributed by atoms with Gasteiger partial charge in [0.25, 0.3) is 0 Å². The molecule has 0 aromatic carbocycles. The first kappa shape index (κ1) is 25.3. The van der Waals surface area contributed by atoms with Crippen LogP contribution in [-0.2, 0) is 9.53 Å². The second-order valence-electron chi connectivity index (χ2n) is 13.4. The van der Waals surface area contributed by atoms with Crippen LogP contribution in [-0.4, -0.2) is 12.1 Å². The van der Waals surface area contributed by atoms with E-state index in [0.29, 0.717) is 16.7 Å². The van der Waals surface area contributed by atoms with E-state index < -0.39 is 0 Å². The van der Waals surface area contributed by atoms with Gasteiger partial charge in [0.15, 0.2) is 0 Å². The van der Waals surface area contributed by atoms with Gasteiger partial charge in [0.05, 0.1) is 0 Å². The van der Waals surface area contributed by atoms with E-state index in [1.165, 1.54) is 64.2 Å². The lowest BCUT2D eigenvalue weighted by atomic mass is 9.50. The van der Waals surface area contributed by atoms with E-state index in [4.69, 9.17) is 4.74 Å². The Morgan fingerprint density at radius 3 is 2.45 bits per heavy atom. The molecular formula is C31H52O2. The summed E-state index contributed by atoms with van der Waals surface area (Å²) in [7, 11) is 0. The van der Waals surface area contributed by atoms with Crippen molar-refractivity contribution in [3.05, 3.63) is 11.1 Å². The van der Waals surface area contributed by atoms with Crippen LogP contribution >= 0.6 is 0 Å². The normalized spacial score (nSPS) is 40.1. The van der Waals surface area contributed by atoms with Gasteiger partial charge in [-0.05, 0) is 111 Å². The van der Waals surface area contributed by atoms with Gasteiger partial charge in [0.2, 0.25) is 0 Å². The van der Waals surface area contributed by atoms with Crippen LogP contribution in [0, 0.1) is 46.3 Å². The molecule has 4 aliphatic rings. The van der Waals surface area contributed by atoms with E-state index in [2.05, 4.69) is 41.5 Å². The summed E-state index contributed by atoms with van der Waals surface area (Å²) in [5.74, 6) is 4.94. The van der Waals surface area contributed by atoms with Crippen LogP contribution in [0.2, 0.25) is 0 Å². The fourth-order valence-corrected chi connectivity index (χ4v) is 9.43. The number of fused-ring (bicyclic) bond motifs is 4. The molecule has 4 aliphatic carbocycles. The van der Waals surface area contributed by atoms with Crippen molar-refractivity contribution in [1.29, 1.82) is 0 Å². The maximum atomic E-state index is 11.5. The Kier molecular flexibility index (Phi) is 7.43. The van der Waals surface area contributed by atoms with Gasteiger partial charge >= 0.3 is 5.97 Å². The summed E-state index contributed by atoms with van der Waals surface area (Å²) < 4.78 is 5.65. The summed E-state index contributed by atoms with van der Waals surface area (Å²) >= 11 is 0. The predicted molar refractivity (Wildman–Crippen MR) is 138 cm³/mol. The molecular weight excluding hydrogens is 404 g/mol. The number of carbonyl (C=O) groups is 1. The van der Waals surface area contributed by atoms with Crippen molar-refractivity contribution in [1.82, 2.24) is 0 Å². The zero-order valence-corrected chi connectivity index (χ0v) is 22.8. The molecule has 8 unspecified atom stereocenters. The molecule has 0 amide bonds. The number of rotatable bonds is 7. The molecule has 0 spiro atoms. The molecule has 33 heavy (non-hydrogen) atoms. The number of hydrogen-bond donors (Lipinski definition) is 0. The topological polar surface area (TPSA) is 26.3 Å². The van der Waals surface area contributed by atoms with Gasteiger partial charge in [-0.3, -0.25) is 4.79 Å². The third-order valence-electron chi connectivity index (χ3n) is 11.5. The van der Waals surface area contributed by atoms with Crippen LogP contribution in [0.1, 0.15) is 126 Å². The number of ether oxygens (including phenoxy) is 1. The minimum atomic E-state index is -0.0995. The Bertz CT molecular complexity index is 750. The molecule has 0 bridgehead atoms. The quantitative estimate of drug-likeness (QED) is 0.283. The molecule has 0 radical (unpaired) electrons. The van der Waals surface area contributed by atoms with E-state index >= 15 is 0 Å². The standard InChI is InChI=1S/C31H52O2/c1-8-23(20(2)3)10-9-21(4)27-13-14-28-26-12-11-24-19-25(33-22(5)32)15-17-30(24,6)29(26)16-18-31(27,28)7/h20-21,23-25,27-28H,8-19H2,1-7H3. The van der Waals surface area contributed by atoms with Crippen molar-refractivity contribution < 1.29 is 9.53 Å². The number of esters is 1. The van der Waals surface area contributed by atoms with Crippen molar-refractivity contribution in [2.24, 2.45) is 46.3 Å².